The number of ether oxygens (including phenoxy) is 1. The molecule has 6 heteroatoms. The van der Waals surface area contributed by atoms with Crippen LogP contribution in [0.15, 0.2) is 24.4 Å². The van der Waals surface area contributed by atoms with Gasteiger partial charge in [0.15, 0.2) is 5.69 Å². The first-order valence-electron chi connectivity index (χ1n) is 6.54. The summed E-state index contributed by atoms with van der Waals surface area (Å²) in [4.78, 5) is 11.7. The van der Waals surface area contributed by atoms with Crippen LogP contribution in [0.2, 0.25) is 0 Å². The van der Waals surface area contributed by atoms with Crippen LogP contribution in [0.4, 0.5) is 5.69 Å². The molecule has 0 bridgehead atoms. The predicted molar refractivity (Wildman–Crippen MR) is 77.6 cm³/mol. The average Bonchev–Trinajstić information content (AvgIpc) is 2.82. The van der Waals surface area contributed by atoms with Crippen molar-refractivity contribution in [3.05, 3.63) is 46.8 Å². The van der Waals surface area contributed by atoms with Crippen LogP contribution >= 0.6 is 0 Å². The van der Waals surface area contributed by atoms with Gasteiger partial charge in [-0.15, -0.1) is 0 Å². The van der Waals surface area contributed by atoms with E-state index in [-0.39, 0.29) is 12.3 Å². The third-order valence-electron chi connectivity index (χ3n) is 3.06. The van der Waals surface area contributed by atoms with Crippen LogP contribution in [0.25, 0.3) is 0 Å². The maximum Gasteiger partial charge on any atom is 0.361 e. The SMILES string of the molecule is CCOC(=O)c1nn(Cc2ccc(C#N)cc2C)cc1N. The Labute approximate surface area is 122 Å². The number of nitriles is 1. The van der Waals surface area contributed by atoms with E-state index in [0.29, 0.717) is 17.8 Å². The van der Waals surface area contributed by atoms with Crippen LogP contribution in [-0.2, 0) is 11.3 Å². The smallest absolute Gasteiger partial charge is 0.361 e. The predicted octanol–water partition coefficient (Wildman–Crippen LogP) is 1.87. The number of anilines is 1. The van der Waals surface area contributed by atoms with E-state index >= 15 is 0 Å². The summed E-state index contributed by atoms with van der Waals surface area (Å²) in [5.41, 5.74) is 8.81. The lowest BCUT2D eigenvalue weighted by Gasteiger charge is -2.06. The summed E-state index contributed by atoms with van der Waals surface area (Å²) in [5.74, 6) is -0.523. The number of aromatic nitrogens is 2. The highest BCUT2D eigenvalue weighted by Gasteiger charge is 2.16. The Bertz CT molecular complexity index is 713. The molecule has 21 heavy (non-hydrogen) atoms. The standard InChI is InChI=1S/C15H16N4O2/c1-3-21-15(20)14-13(17)9-19(18-14)8-12-5-4-11(7-16)6-10(12)2/h4-6,9H,3,8,17H2,1-2H3. The quantitative estimate of drug-likeness (QED) is 0.865. The van der Waals surface area contributed by atoms with Gasteiger partial charge < -0.3 is 10.5 Å². The number of esters is 1. The Morgan fingerprint density at radius 3 is 2.90 bits per heavy atom. The number of carbonyl (C=O) groups excluding carboxylic acids is 1. The van der Waals surface area contributed by atoms with Crippen molar-refractivity contribution in [3.8, 4) is 6.07 Å². The summed E-state index contributed by atoms with van der Waals surface area (Å²) in [6.07, 6.45) is 1.60. The summed E-state index contributed by atoms with van der Waals surface area (Å²) in [6, 6.07) is 7.53. The monoisotopic (exact) mass is 284 g/mol. The number of hydrogen-bond acceptors (Lipinski definition) is 5. The highest BCUT2D eigenvalue weighted by molar-refractivity contribution is 5.92. The molecule has 0 aliphatic rings. The third kappa shape index (κ3) is 3.20. The van der Waals surface area contributed by atoms with E-state index in [2.05, 4.69) is 11.2 Å². The third-order valence-corrected chi connectivity index (χ3v) is 3.06. The summed E-state index contributed by atoms with van der Waals surface area (Å²) in [5, 5.41) is 13.0. The summed E-state index contributed by atoms with van der Waals surface area (Å²) >= 11 is 0. The fourth-order valence-corrected chi connectivity index (χ4v) is 1.99. The van der Waals surface area contributed by atoms with Gasteiger partial charge in [-0.25, -0.2) is 4.79 Å². The molecule has 2 aromatic rings. The highest BCUT2D eigenvalue weighted by Crippen LogP contribution is 2.15. The molecular formula is C15H16N4O2. The Balaban J connectivity index is 2.23. The molecule has 1 aromatic carbocycles. The number of rotatable bonds is 4. The molecule has 0 amide bonds. The molecule has 0 unspecified atom stereocenters. The molecule has 1 heterocycles. The van der Waals surface area contributed by atoms with E-state index < -0.39 is 5.97 Å². The minimum Gasteiger partial charge on any atom is -0.461 e. The number of aryl methyl sites for hydroxylation is 1. The lowest BCUT2D eigenvalue weighted by Crippen LogP contribution is -2.09. The average molecular weight is 284 g/mol. The first kappa shape index (κ1) is 14.6. The molecule has 2 N–H and O–H groups in total. The van der Waals surface area contributed by atoms with E-state index in [1.165, 1.54) is 0 Å². The van der Waals surface area contributed by atoms with Crippen molar-refractivity contribution in [1.82, 2.24) is 9.78 Å². The maximum absolute atomic E-state index is 11.7. The van der Waals surface area contributed by atoms with Crippen LogP contribution in [0.5, 0.6) is 0 Å². The van der Waals surface area contributed by atoms with Gasteiger partial charge in [-0.3, -0.25) is 4.68 Å². The number of nitrogens with zero attached hydrogens (tertiary/aromatic N) is 3. The molecule has 0 atom stereocenters. The lowest BCUT2D eigenvalue weighted by atomic mass is 10.1. The Kier molecular flexibility index (Phi) is 4.24. The van der Waals surface area contributed by atoms with Crippen LogP contribution in [0.1, 0.15) is 34.1 Å². The fraction of sp³-hybridized carbons (Fsp3) is 0.267. The zero-order valence-corrected chi connectivity index (χ0v) is 12.0. The molecule has 0 aliphatic heterocycles. The molecule has 0 fully saturated rings. The zero-order chi connectivity index (χ0) is 15.4. The number of nitrogens with two attached hydrogens (primary N) is 1. The second-order valence-corrected chi connectivity index (χ2v) is 4.60. The molecule has 6 nitrogen and oxygen atoms in total. The number of carbonyl (C=O) groups is 1. The van der Waals surface area contributed by atoms with Gasteiger partial charge in [-0.2, -0.15) is 10.4 Å². The van der Waals surface area contributed by atoms with Crippen LogP contribution in [0.3, 0.4) is 0 Å². The Morgan fingerprint density at radius 1 is 1.52 bits per heavy atom. The van der Waals surface area contributed by atoms with Gasteiger partial charge in [0.25, 0.3) is 0 Å². The molecule has 0 spiro atoms. The molecular weight excluding hydrogens is 268 g/mol. The van der Waals surface area contributed by atoms with Crippen molar-refractivity contribution in [2.24, 2.45) is 0 Å². The van der Waals surface area contributed by atoms with Crippen molar-refractivity contribution >= 4 is 11.7 Å². The van der Waals surface area contributed by atoms with Gasteiger partial charge in [0.2, 0.25) is 0 Å². The van der Waals surface area contributed by atoms with Crippen molar-refractivity contribution < 1.29 is 9.53 Å². The molecule has 2 rings (SSSR count). The van der Waals surface area contributed by atoms with E-state index in [1.807, 2.05) is 19.1 Å². The minimum atomic E-state index is -0.523. The first-order valence-corrected chi connectivity index (χ1v) is 6.54. The van der Waals surface area contributed by atoms with Gasteiger partial charge in [0.1, 0.15) is 0 Å². The summed E-state index contributed by atoms with van der Waals surface area (Å²) in [7, 11) is 0. The molecule has 0 radical (unpaired) electrons. The molecule has 0 saturated heterocycles. The van der Waals surface area contributed by atoms with Crippen LogP contribution in [-0.4, -0.2) is 22.4 Å². The topological polar surface area (TPSA) is 93.9 Å². The van der Waals surface area contributed by atoms with Crippen molar-refractivity contribution in [2.75, 3.05) is 12.3 Å². The molecule has 1 aromatic heterocycles. The van der Waals surface area contributed by atoms with Crippen molar-refractivity contribution in [3.63, 3.8) is 0 Å². The van der Waals surface area contributed by atoms with E-state index in [4.69, 9.17) is 15.7 Å². The van der Waals surface area contributed by atoms with Crippen molar-refractivity contribution in [1.29, 1.82) is 5.26 Å². The second-order valence-electron chi connectivity index (χ2n) is 4.60. The number of hydrogen-bond donors (Lipinski definition) is 1. The largest absolute Gasteiger partial charge is 0.461 e. The van der Waals surface area contributed by atoms with E-state index in [0.717, 1.165) is 11.1 Å². The maximum atomic E-state index is 11.7. The van der Waals surface area contributed by atoms with Crippen molar-refractivity contribution in [2.45, 2.75) is 20.4 Å². The molecule has 0 aliphatic carbocycles. The minimum absolute atomic E-state index is 0.128. The lowest BCUT2D eigenvalue weighted by molar-refractivity contribution is 0.0519. The highest BCUT2D eigenvalue weighted by atomic mass is 16.5. The van der Waals surface area contributed by atoms with Gasteiger partial charge in [0, 0.05) is 6.20 Å². The normalized spacial score (nSPS) is 10.1. The zero-order valence-electron chi connectivity index (χ0n) is 12.0. The van der Waals surface area contributed by atoms with Crippen LogP contribution < -0.4 is 5.73 Å². The Morgan fingerprint density at radius 2 is 2.29 bits per heavy atom. The molecule has 0 saturated carbocycles. The van der Waals surface area contributed by atoms with Gasteiger partial charge in [-0.05, 0) is 37.1 Å². The number of nitrogen functional groups attached to an aromatic ring is 1. The number of benzene rings is 1. The van der Waals surface area contributed by atoms with E-state index in [1.54, 1.807) is 23.9 Å². The first-order chi connectivity index (χ1) is 10.0. The second kappa shape index (κ2) is 6.09. The van der Waals surface area contributed by atoms with Gasteiger partial charge in [-0.1, -0.05) is 6.07 Å². The fourth-order valence-electron chi connectivity index (χ4n) is 1.99. The van der Waals surface area contributed by atoms with Crippen LogP contribution in [0, 0.1) is 18.3 Å². The molecule has 108 valence electrons. The van der Waals surface area contributed by atoms with Gasteiger partial charge in [0.05, 0.1) is 30.5 Å². The van der Waals surface area contributed by atoms with Gasteiger partial charge >= 0.3 is 5.97 Å². The summed E-state index contributed by atoms with van der Waals surface area (Å²) < 4.78 is 6.49. The van der Waals surface area contributed by atoms with E-state index in [9.17, 15) is 4.79 Å². The summed E-state index contributed by atoms with van der Waals surface area (Å²) in [6.45, 7) is 4.40. The Hall–Kier alpha value is -2.81.